The van der Waals surface area contributed by atoms with E-state index in [1.807, 2.05) is 0 Å². The SMILES string of the molecule is Cc1cn(C2CN(P(=O)(OC[C@@H]3CN(P(=O)(OC[C@@H]4CN(P(=O)(OC[C@@H]5CN(P(=O)(OC[C@@H]6CNC[C@H](n7cnc8c(=O)[nH]c(N)nc87)O6)N(C)C)C[C@H](n6cnc7c(N)ncnc76)O5)N(C)C)CC(n5cc(C)c(=O)[nH]c5=O)O4)N(C)C)C[C@H](n4ccc(N)nc4=O)O3)N(C)C)C[C@@H](COP(=O)(C(C)C)N(C)C)O2)c(=O)[nH]c1=O. The lowest BCUT2D eigenvalue weighted by Crippen LogP contribution is -2.52. The number of fused-ring (bicyclic) bond motifs is 2. The second-order valence-corrected chi connectivity index (χ2v) is 43.0. The summed E-state index contributed by atoms with van der Waals surface area (Å²) in [4.78, 5) is 112. The van der Waals surface area contributed by atoms with Gasteiger partial charge >= 0.3 is 47.8 Å². The van der Waals surface area contributed by atoms with E-state index in [0.717, 1.165) is 13.7 Å². The third kappa shape index (κ3) is 18.2. The minimum absolute atomic E-state index is 0.0461. The van der Waals surface area contributed by atoms with E-state index >= 15 is 18.3 Å². The molecule has 7 aromatic heterocycles. The van der Waals surface area contributed by atoms with Crippen LogP contribution in [0.4, 0.5) is 17.6 Å². The van der Waals surface area contributed by atoms with Crippen LogP contribution in [0.5, 0.6) is 0 Å². The number of aromatic nitrogens is 14. The summed E-state index contributed by atoms with van der Waals surface area (Å²) in [5.74, 6) is -0.162. The Morgan fingerprint density at radius 2 is 0.861 bits per heavy atom. The Balaban J connectivity index is 0.813. The Bertz CT molecular complexity index is 5310. The number of aryl methyl sites for hydroxylation is 2. The summed E-state index contributed by atoms with van der Waals surface area (Å²) in [6.07, 6.45) is -3.02. The normalized spacial score (nSPS) is 26.1. The predicted octanol–water partition coefficient (Wildman–Crippen LogP) is -0.110. The maximum Gasteiger partial charge on any atom is 0.351 e. The molecule has 12 heterocycles. The first kappa shape index (κ1) is 87.2. The molecule has 0 amide bonds. The molecule has 10 N–H and O–H groups in total. The minimum Gasteiger partial charge on any atom is -0.383 e. The second-order valence-electron chi connectivity index (χ2n) is 29.4. The lowest BCUT2D eigenvalue weighted by Gasteiger charge is -2.46. The van der Waals surface area contributed by atoms with Crippen LogP contribution in [0, 0.1) is 13.8 Å². The Morgan fingerprint density at radius 3 is 1.29 bits per heavy atom. The molecule has 0 aliphatic carbocycles. The Hall–Kier alpha value is -7.11. The molecule has 0 radical (unpaired) electrons. The first-order valence-corrected chi connectivity index (χ1v) is 44.3. The number of aromatic amines is 3. The van der Waals surface area contributed by atoms with E-state index in [4.69, 9.17) is 63.5 Å². The molecule has 48 nitrogen and oxygen atoms in total. The zero-order valence-electron chi connectivity index (χ0n) is 66.0. The van der Waals surface area contributed by atoms with Gasteiger partial charge in [0.05, 0.1) is 102 Å². The van der Waals surface area contributed by atoms with Crippen molar-refractivity contribution in [3.05, 3.63) is 117 Å². The number of nitrogens with two attached hydrogens (primary N) is 3. The number of nitrogens with one attached hydrogen (secondary N) is 4. The maximum atomic E-state index is 16.3. The molecule has 0 bridgehead atoms. The number of ether oxygens (including phenoxy) is 5. The number of hydrogen-bond donors (Lipinski definition) is 7. The van der Waals surface area contributed by atoms with Crippen molar-refractivity contribution in [1.82, 2.24) is 115 Å². The van der Waals surface area contributed by atoms with E-state index in [1.54, 1.807) is 55.8 Å². The van der Waals surface area contributed by atoms with Crippen LogP contribution in [0.15, 0.2) is 72.4 Å². The second kappa shape index (κ2) is 35.1. The van der Waals surface area contributed by atoms with E-state index in [1.165, 1.54) is 137 Å². The molecule has 5 fully saturated rings. The van der Waals surface area contributed by atoms with Gasteiger partial charge < -0.3 is 68.8 Å². The van der Waals surface area contributed by atoms with Crippen LogP contribution in [-0.4, -0.2) is 315 Å². The van der Waals surface area contributed by atoms with E-state index in [9.17, 15) is 33.3 Å². The van der Waals surface area contributed by atoms with E-state index in [0.29, 0.717) is 0 Å². The van der Waals surface area contributed by atoms with Gasteiger partial charge in [0.15, 0.2) is 41.3 Å². The van der Waals surface area contributed by atoms with Crippen molar-refractivity contribution >= 4 is 78.1 Å². The highest BCUT2D eigenvalue weighted by Crippen LogP contribution is 2.60. The lowest BCUT2D eigenvalue weighted by atomic mass is 10.3. The van der Waals surface area contributed by atoms with Crippen molar-refractivity contribution in [2.45, 2.75) is 95.0 Å². The van der Waals surface area contributed by atoms with Gasteiger partial charge in [-0.25, -0.2) is 76.4 Å². The van der Waals surface area contributed by atoms with E-state index in [2.05, 4.69) is 50.2 Å². The van der Waals surface area contributed by atoms with Crippen molar-refractivity contribution in [1.29, 1.82) is 0 Å². The molecule has 15 atom stereocenters. The highest BCUT2D eigenvalue weighted by Gasteiger charge is 2.51. The van der Waals surface area contributed by atoms with Crippen LogP contribution in [-0.2, 0) is 69.1 Å². The van der Waals surface area contributed by atoms with Gasteiger partial charge in [-0.1, -0.05) is 13.8 Å². The van der Waals surface area contributed by atoms with E-state index in [-0.39, 0.29) is 130 Å². The number of morpholine rings is 5. The van der Waals surface area contributed by atoms with Gasteiger partial charge in [0, 0.05) is 74.6 Å². The summed E-state index contributed by atoms with van der Waals surface area (Å²) in [6, 6.07) is 1.36. The van der Waals surface area contributed by atoms with Crippen molar-refractivity contribution in [2.75, 3.05) is 186 Å². The number of hydrogen-bond acceptors (Lipinski definition) is 31. The smallest absolute Gasteiger partial charge is 0.351 e. The molecule has 5 aliphatic rings. The summed E-state index contributed by atoms with van der Waals surface area (Å²) in [5, 5.41) is 3.30. The molecule has 7 unspecified atom stereocenters. The van der Waals surface area contributed by atoms with Crippen LogP contribution in [0.25, 0.3) is 22.3 Å². The van der Waals surface area contributed by atoms with Crippen LogP contribution in [0.2, 0.25) is 0 Å². The molecule has 5 saturated heterocycles. The Morgan fingerprint density at radius 1 is 0.461 bits per heavy atom. The zero-order valence-corrected chi connectivity index (χ0v) is 70.5. The first-order chi connectivity index (χ1) is 54.2. The van der Waals surface area contributed by atoms with Crippen molar-refractivity contribution in [3.63, 3.8) is 0 Å². The molecule has 0 aromatic carbocycles. The highest BCUT2D eigenvalue weighted by atomic mass is 31.2. The molecule has 634 valence electrons. The number of nitrogen functional groups attached to an aromatic ring is 3. The minimum atomic E-state index is -4.47. The third-order valence-corrected chi connectivity index (χ3v) is 33.0. The van der Waals surface area contributed by atoms with Crippen LogP contribution in [0.1, 0.15) is 56.1 Å². The quantitative estimate of drug-likeness (QED) is 0.0289. The van der Waals surface area contributed by atoms with Crippen LogP contribution < -0.4 is 56.3 Å². The molecular formula is C62H100N27O21P5. The Labute approximate surface area is 658 Å². The Kier molecular flexibility index (Phi) is 26.6. The zero-order chi connectivity index (χ0) is 83.3. The number of anilines is 3. The van der Waals surface area contributed by atoms with Gasteiger partial charge in [0.1, 0.15) is 30.1 Å². The number of H-pyrrole nitrogens is 3. The fourth-order valence-corrected chi connectivity index (χ4v) is 23.7. The highest BCUT2D eigenvalue weighted by molar-refractivity contribution is 7.57. The third-order valence-electron chi connectivity index (χ3n) is 19.9. The first-order valence-electron chi connectivity index (χ1n) is 36.5. The molecule has 53 heteroatoms. The van der Waals surface area contributed by atoms with Crippen LogP contribution in [0.3, 0.4) is 0 Å². The van der Waals surface area contributed by atoms with E-state index < -0.39 is 159 Å². The lowest BCUT2D eigenvalue weighted by molar-refractivity contribution is -0.132. The topological polar surface area (TPSA) is 549 Å². The average Bonchev–Trinajstić information content (AvgIpc) is 1.75. The maximum absolute atomic E-state index is 16.3. The summed E-state index contributed by atoms with van der Waals surface area (Å²) in [5.41, 5.74) is 14.3. The van der Waals surface area contributed by atoms with Crippen LogP contribution >= 0.6 is 38.2 Å². The van der Waals surface area contributed by atoms with Crippen molar-refractivity contribution in [2.24, 2.45) is 0 Å². The number of rotatable bonds is 30. The monoisotopic (exact) mass is 1710 g/mol. The molecule has 7 aromatic rings. The molecule has 115 heavy (non-hydrogen) atoms. The number of nitrogens with zero attached hydrogens (tertiary/aromatic N) is 20. The fourth-order valence-electron chi connectivity index (χ4n) is 13.9. The van der Waals surface area contributed by atoms with Gasteiger partial charge in [-0.2, -0.15) is 9.97 Å². The molecular weight excluding hydrogens is 1610 g/mol. The summed E-state index contributed by atoms with van der Waals surface area (Å²) in [7, 11) is -5.51. The fraction of sp³-hybridized carbons (Fsp3) is 0.645. The summed E-state index contributed by atoms with van der Waals surface area (Å²) < 4.78 is 163. The van der Waals surface area contributed by atoms with Gasteiger partial charge in [-0.3, -0.25) is 75.0 Å². The average molecular weight is 1710 g/mol. The van der Waals surface area contributed by atoms with Gasteiger partial charge in [0.25, 0.3) is 24.2 Å². The molecule has 5 aliphatic heterocycles. The predicted molar refractivity (Wildman–Crippen MR) is 417 cm³/mol. The number of imidazole rings is 2. The molecule has 0 spiro atoms. The van der Waals surface area contributed by atoms with Crippen molar-refractivity contribution < 1.29 is 69.1 Å². The van der Waals surface area contributed by atoms with Crippen molar-refractivity contribution in [3.8, 4) is 0 Å². The summed E-state index contributed by atoms with van der Waals surface area (Å²) in [6.45, 7) is 2.83. The summed E-state index contributed by atoms with van der Waals surface area (Å²) >= 11 is 0. The van der Waals surface area contributed by atoms with Gasteiger partial charge in [0.2, 0.25) is 5.95 Å². The standard InChI is InChI=1S/C62H100N27O21P5/c1-37(2)111(96,76(5)6)101-30-41-21-82(26-48(108-41)86-19-38(3)56(90)74-61(86)94)114(99,79(11)12)103-31-42-22-81(25-47(107-42)85-16-15-45(63)71-60(85)93)113(98,78(9)10)104-32-43-23-83(27-49(109-43)87-20-39(4)57(91)75-62(87)95)115(100,80(13)14)105-33-44-24-84(28-50(110-44)89-35-69-51-53(64)67-34-68-54(51)89)112(97,77(7)8)102-29-40-17-66-18-46(106-40)88-36-70-52-55(88)72-59(65)73-58(52)92/h15-16,19-20,34-37,40-44,46-50,66H,17-18,21-33H2,1-14H3,(H2,63,71,93)(H2,64,67,68)(H,74,90,94)(H,75,91,95)(H3,65,72,73,92)/t40-,41-,42-,43-,44-,46+,47+,48?,49?,50+,111?,112?,113?,114?,115?/m0/s1. The van der Waals surface area contributed by atoms with Gasteiger partial charge in [-0.15, -0.1) is 0 Å². The largest absolute Gasteiger partial charge is 0.383 e. The van der Waals surface area contributed by atoms with Gasteiger partial charge in [-0.05, 0) is 90.4 Å². The molecule has 12 rings (SSSR count). The molecule has 0 saturated carbocycles.